The summed E-state index contributed by atoms with van der Waals surface area (Å²) in [7, 11) is 0. The Morgan fingerprint density at radius 2 is 1.50 bits per heavy atom. The number of hydrogen-bond acceptors (Lipinski definition) is 5. The van der Waals surface area contributed by atoms with Crippen LogP contribution in [0.2, 0.25) is 0 Å². The highest BCUT2D eigenvalue weighted by molar-refractivity contribution is 5.95. The average Bonchev–Trinajstić information content (AvgIpc) is 3.32. The molecule has 0 heterocycles. The van der Waals surface area contributed by atoms with Crippen molar-refractivity contribution in [2.45, 2.75) is 19.8 Å². The standard InChI is InChI=1S/C19H20O7/c1-19(11-5-4-10(7-11)14(19)16(22)23)18(25)26-17(24)13-9-3-2-8(6-9)12(13)15(20)21/h2-5,8-14H,6-7H2,1H3,(H,20,21)(H,22,23). The first-order valence-electron chi connectivity index (χ1n) is 8.83. The highest BCUT2D eigenvalue weighted by Crippen LogP contribution is 2.57. The summed E-state index contributed by atoms with van der Waals surface area (Å²) in [5.41, 5.74) is -1.31. The van der Waals surface area contributed by atoms with E-state index in [1.54, 1.807) is 6.08 Å². The van der Waals surface area contributed by atoms with Crippen molar-refractivity contribution in [1.82, 2.24) is 0 Å². The van der Waals surface area contributed by atoms with Gasteiger partial charge in [0.1, 0.15) is 0 Å². The normalized spacial score (nSPS) is 44.4. The van der Waals surface area contributed by atoms with Crippen LogP contribution in [0.4, 0.5) is 0 Å². The minimum Gasteiger partial charge on any atom is -0.481 e. The van der Waals surface area contributed by atoms with E-state index >= 15 is 0 Å². The molecule has 0 saturated heterocycles. The molecule has 26 heavy (non-hydrogen) atoms. The zero-order valence-corrected chi connectivity index (χ0v) is 14.2. The van der Waals surface area contributed by atoms with E-state index in [0.29, 0.717) is 12.8 Å². The Hall–Kier alpha value is -2.44. The van der Waals surface area contributed by atoms with Gasteiger partial charge in [-0.15, -0.1) is 0 Å². The molecule has 4 aliphatic rings. The van der Waals surface area contributed by atoms with E-state index in [1.807, 2.05) is 18.2 Å². The van der Waals surface area contributed by atoms with Gasteiger partial charge in [0.2, 0.25) is 0 Å². The molecule has 0 amide bonds. The predicted octanol–water partition coefficient (Wildman–Crippen LogP) is 1.49. The van der Waals surface area contributed by atoms with Crippen LogP contribution in [0.25, 0.3) is 0 Å². The Morgan fingerprint density at radius 1 is 0.885 bits per heavy atom. The van der Waals surface area contributed by atoms with Crippen LogP contribution in [0, 0.1) is 46.8 Å². The van der Waals surface area contributed by atoms with Gasteiger partial charge in [0.05, 0.1) is 23.2 Å². The molecule has 0 radical (unpaired) electrons. The highest BCUT2D eigenvalue weighted by Gasteiger charge is 2.62. The van der Waals surface area contributed by atoms with Gasteiger partial charge in [-0.05, 0) is 43.4 Å². The molecule has 4 aliphatic carbocycles. The Bertz CT molecular complexity index is 766. The first-order valence-corrected chi connectivity index (χ1v) is 8.83. The molecule has 0 aliphatic heterocycles. The first kappa shape index (κ1) is 17.0. The summed E-state index contributed by atoms with van der Waals surface area (Å²) < 4.78 is 5.12. The summed E-state index contributed by atoms with van der Waals surface area (Å²) in [6, 6.07) is 0. The molecule has 4 bridgehead atoms. The number of ether oxygens (including phenoxy) is 1. The van der Waals surface area contributed by atoms with Gasteiger partial charge < -0.3 is 14.9 Å². The molecule has 0 aromatic carbocycles. The SMILES string of the molecule is CC1(C(=O)OC(=O)C2C3C=CC(C3)C2C(=O)O)C2C=CC(C2)C1C(=O)O. The Balaban J connectivity index is 1.56. The van der Waals surface area contributed by atoms with Crippen LogP contribution in [0.15, 0.2) is 24.3 Å². The van der Waals surface area contributed by atoms with Gasteiger partial charge in [-0.25, -0.2) is 0 Å². The molecule has 2 fully saturated rings. The van der Waals surface area contributed by atoms with Gasteiger partial charge in [0.25, 0.3) is 0 Å². The second-order valence-electron chi connectivity index (χ2n) is 8.04. The average molecular weight is 360 g/mol. The maximum absolute atomic E-state index is 12.8. The van der Waals surface area contributed by atoms with Crippen molar-refractivity contribution in [1.29, 1.82) is 0 Å². The number of esters is 2. The number of carboxylic acid groups (broad SMARTS) is 2. The van der Waals surface area contributed by atoms with Crippen molar-refractivity contribution in [2.75, 3.05) is 0 Å². The topological polar surface area (TPSA) is 118 Å². The van der Waals surface area contributed by atoms with E-state index in [9.17, 15) is 29.4 Å². The van der Waals surface area contributed by atoms with Crippen LogP contribution in [-0.2, 0) is 23.9 Å². The van der Waals surface area contributed by atoms with E-state index in [2.05, 4.69) is 0 Å². The van der Waals surface area contributed by atoms with E-state index in [0.717, 1.165) is 0 Å². The third-order valence-electron chi connectivity index (χ3n) is 6.88. The van der Waals surface area contributed by atoms with Crippen LogP contribution in [-0.4, -0.2) is 34.1 Å². The minimum atomic E-state index is -1.31. The molecule has 7 nitrogen and oxygen atoms in total. The minimum absolute atomic E-state index is 0.224. The summed E-state index contributed by atoms with van der Waals surface area (Å²) in [6.07, 6.45) is 8.34. The van der Waals surface area contributed by atoms with Crippen molar-refractivity contribution in [3.05, 3.63) is 24.3 Å². The van der Waals surface area contributed by atoms with E-state index in [-0.39, 0.29) is 23.7 Å². The second kappa shape index (κ2) is 5.53. The van der Waals surface area contributed by atoms with Crippen molar-refractivity contribution in [3.8, 4) is 0 Å². The fourth-order valence-corrected chi connectivity index (χ4v) is 5.56. The number of allylic oxidation sites excluding steroid dienone is 4. The largest absolute Gasteiger partial charge is 0.481 e. The molecule has 2 N–H and O–H groups in total. The number of hydrogen-bond donors (Lipinski definition) is 2. The lowest BCUT2D eigenvalue weighted by Crippen LogP contribution is -2.46. The lowest BCUT2D eigenvalue weighted by Gasteiger charge is -2.34. The molecule has 2 saturated carbocycles. The summed E-state index contributed by atoms with van der Waals surface area (Å²) in [5.74, 6) is -7.60. The van der Waals surface area contributed by atoms with Gasteiger partial charge in [0.15, 0.2) is 0 Å². The smallest absolute Gasteiger partial charge is 0.320 e. The number of aliphatic carboxylic acids is 2. The molecule has 0 aromatic rings. The zero-order valence-electron chi connectivity index (χ0n) is 14.2. The van der Waals surface area contributed by atoms with Gasteiger partial charge in [-0.1, -0.05) is 24.3 Å². The van der Waals surface area contributed by atoms with Gasteiger partial charge in [0, 0.05) is 0 Å². The van der Waals surface area contributed by atoms with Gasteiger partial charge in [-0.2, -0.15) is 0 Å². The molecule has 4 rings (SSSR count). The van der Waals surface area contributed by atoms with Crippen molar-refractivity contribution >= 4 is 23.9 Å². The van der Waals surface area contributed by atoms with Crippen molar-refractivity contribution in [3.63, 3.8) is 0 Å². The number of fused-ring (bicyclic) bond motifs is 4. The highest BCUT2D eigenvalue weighted by atomic mass is 16.6. The maximum atomic E-state index is 12.8. The molecule has 8 unspecified atom stereocenters. The first-order chi connectivity index (χ1) is 12.2. The Kier molecular flexibility index (Phi) is 3.61. The van der Waals surface area contributed by atoms with Crippen LogP contribution >= 0.6 is 0 Å². The van der Waals surface area contributed by atoms with Crippen molar-refractivity contribution < 1.29 is 34.1 Å². The van der Waals surface area contributed by atoms with Crippen LogP contribution in [0.5, 0.6) is 0 Å². The quantitative estimate of drug-likeness (QED) is 0.443. The van der Waals surface area contributed by atoms with Crippen LogP contribution < -0.4 is 0 Å². The molecule has 8 atom stereocenters. The predicted molar refractivity (Wildman–Crippen MR) is 86.4 cm³/mol. The molecule has 0 spiro atoms. The van der Waals surface area contributed by atoms with Crippen molar-refractivity contribution in [2.24, 2.45) is 46.8 Å². The molecular formula is C19H20O7. The summed E-state index contributed by atoms with van der Waals surface area (Å²) in [5, 5.41) is 19.0. The third-order valence-corrected chi connectivity index (χ3v) is 6.88. The summed E-state index contributed by atoms with van der Waals surface area (Å²) in [4.78, 5) is 48.7. The lowest BCUT2D eigenvalue weighted by atomic mass is 9.70. The van der Waals surface area contributed by atoms with Crippen LogP contribution in [0.1, 0.15) is 19.8 Å². The zero-order chi connectivity index (χ0) is 18.8. The molecule has 7 heteroatoms. The van der Waals surface area contributed by atoms with E-state index < -0.39 is 47.0 Å². The number of carboxylic acids is 2. The third kappa shape index (κ3) is 2.12. The Labute approximate surface area is 149 Å². The lowest BCUT2D eigenvalue weighted by molar-refractivity contribution is -0.178. The van der Waals surface area contributed by atoms with Gasteiger partial charge in [-0.3, -0.25) is 19.2 Å². The fraction of sp³-hybridized carbons (Fsp3) is 0.579. The van der Waals surface area contributed by atoms with Crippen LogP contribution in [0.3, 0.4) is 0 Å². The number of carbonyl (C=O) groups excluding carboxylic acids is 2. The molecular weight excluding hydrogens is 340 g/mol. The van der Waals surface area contributed by atoms with Gasteiger partial charge >= 0.3 is 23.9 Å². The summed E-state index contributed by atoms with van der Waals surface area (Å²) in [6.45, 7) is 1.53. The number of carbonyl (C=O) groups is 4. The van der Waals surface area contributed by atoms with E-state index in [1.165, 1.54) is 6.92 Å². The Morgan fingerprint density at radius 3 is 2.12 bits per heavy atom. The maximum Gasteiger partial charge on any atom is 0.320 e. The fourth-order valence-electron chi connectivity index (χ4n) is 5.56. The monoisotopic (exact) mass is 360 g/mol. The summed E-state index contributed by atoms with van der Waals surface area (Å²) >= 11 is 0. The molecule has 138 valence electrons. The molecule has 0 aromatic heterocycles. The second-order valence-corrected chi connectivity index (χ2v) is 8.04. The number of rotatable bonds is 4. The van der Waals surface area contributed by atoms with E-state index in [4.69, 9.17) is 4.74 Å².